The molecule has 27 heavy (non-hydrogen) atoms. The van der Waals surface area contributed by atoms with E-state index in [1.807, 2.05) is 7.05 Å². The summed E-state index contributed by atoms with van der Waals surface area (Å²) in [5, 5.41) is 14.2. The summed E-state index contributed by atoms with van der Waals surface area (Å²) in [6, 6.07) is -0.583. The molecule has 1 fully saturated rings. The van der Waals surface area contributed by atoms with Crippen molar-refractivity contribution < 1.29 is 14.0 Å². The highest BCUT2D eigenvalue weighted by atomic mass is 35.5. The Hall–Kier alpha value is -1.12. The van der Waals surface area contributed by atoms with Gasteiger partial charge >= 0.3 is 0 Å². The van der Waals surface area contributed by atoms with Crippen molar-refractivity contribution in [2.24, 2.45) is 5.92 Å². The summed E-state index contributed by atoms with van der Waals surface area (Å²) in [6.07, 6.45) is 7.60. The number of unbranched alkanes of at least 4 members (excludes halogenated alkanes) is 1. The first-order valence-corrected chi connectivity index (χ1v) is 10.6. The van der Waals surface area contributed by atoms with Crippen LogP contribution in [-0.2, 0) is 4.79 Å². The molecule has 1 heterocycles. The number of carbonyl (C=O) groups is 2. The summed E-state index contributed by atoms with van der Waals surface area (Å²) in [5.74, 6) is 0.500. The topological polar surface area (TPSA) is 97.1 Å². The molecule has 1 aliphatic carbocycles. The Morgan fingerprint density at radius 1 is 1.26 bits per heavy atom. The van der Waals surface area contributed by atoms with Gasteiger partial charge in [-0.3, -0.25) is 9.59 Å². The third-order valence-electron chi connectivity index (χ3n) is 4.65. The van der Waals surface area contributed by atoms with Gasteiger partial charge < -0.3 is 15.1 Å². The van der Waals surface area contributed by atoms with Gasteiger partial charge in [-0.1, -0.05) is 50.8 Å². The number of carbonyl (C=O) groups excluding carboxylic acids is 2. The lowest BCUT2D eigenvalue weighted by molar-refractivity contribution is -0.126. The van der Waals surface area contributed by atoms with Crippen LogP contribution in [0.25, 0.3) is 0 Å². The average molecular weight is 419 g/mol. The molecule has 0 bridgehead atoms. The molecule has 0 unspecified atom stereocenters. The number of ketones is 1. The number of hydrogen-bond donors (Lipinski definition) is 2. The molecule has 1 aromatic rings. The molecule has 0 spiro atoms. The number of halogens is 1. The lowest BCUT2D eigenvalue weighted by atomic mass is 9.88. The number of thioether (sulfide) groups is 1. The van der Waals surface area contributed by atoms with Crippen LogP contribution in [0.5, 0.6) is 0 Å². The second-order valence-corrected chi connectivity index (χ2v) is 7.77. The molecule has 154 valence electrons. The average Bonchev–Trinajstić information content (AvgIpc) is 3.14. The quantitative estimate of drug-likeness (QED) is 0.323. The first kappa shape index (κ1) is 23.9. The van der Waals surface area contributed by atoms with Crippen LogP contribution in [-0.4, -0.2) is 47.3 Å². The molecule has 1 aromatic heterocycles. The maximum atomic E-state index is 12.8. The molecule has 1 atom stereocenters. The normalized spacial score (nSPS) is 15.8. The van der Waals surface area contributed by atoms with E-state index in [0.29, 0.717) is 11.6 Å². The van der Waals surface area contributed by atoms with Crippen molar-refractivity contribution in [3.63, 3.8) is 0 Å². The summed E-state index contributed by atoms with van der Waals surface area (Å²) < 4.78 is 5.49. The Morgan fingerprint density at radius 3 is 2.67 bits per heavy atom. The van der Waals surface area contributed by atoms with Gasteiger partial charge in [0.15, 0.2) is 0 Å². The largest absolute Gasteiger partial charge is 0.408 e. The van der Waals surface area contributed by atoms with Gasteiger partial charge in [-0.25, -0.2) is 0 Å². The molecule has 2 rings (SSSR count). The lowest BCUT2D eigenvalue weighted by Gasteiger charge is -2.23. The Kier molecular flexibility index (Phi) is 11.6. The van der Waals surface area contributed by atoms with Crippen LogP contribution in [0.4, 0.5) is 0 Å². The van der Waals surface area contributed by atoms with Crippen molar-refractivity contribution in [2.75, 3.05) is 19.3 Å². The van der Waals surface area contributed by atoms with Crippen LogP contribution in [0.3, 0.4) is 0 Å². The second kappa shape index (κ2) is 13.1. The Labute approximate surface area is 171 Å². The summed E-state index contributed by atoms with van der Waals surface area (Å²) in [6.45, 7) is 2.88. The fourth-order valence-corrected chi connectivity index (χ4v) is 3.81. The fraction of sp³-hybridized carbons (Fsp3) is 0.778. The van der Waals surface area contributed by atoms with E-state index in [2.05, 4.69) is 27.8 Å². The Morgan fingerprint density at radius 2 is 2.00 bits per heavy atom. The van der Waals surface area contributed by atoms with E-state index >= 15 is 0 Å². The smallest absolute Gasteiger partial charge is 0.286 e. The molecule has 1 aliphatic rings. The second-order valence-electron chi connectivity index (χ2n) is 6.73. The first-order chi connectivity index (χ1) is 12.7. The summed E-state index contributed by atoms with van der Waals surface area (Å²) in [7, 11) is 1.87. The minimum atomic E-state index is -0.583. The zero-order valence-electron chi connectivity index (χ0n) is 16.2. The number of nitrogens with zero attached hydrogens (tertiary/aromatic N) is 2. The molecule has 0 aromatic carbocycles. The SMILES string of the molecule is CCCC[C@H](NC(=O)C1CCCCC1)C(=O)c1nnc(SCCNC)o1.Cl. The maximum absolute atomic E-state index is 12.8. The van der Waals surface area contributed by atoms with Gasteiger partial charge in [-0.2, -0.15) is 0 Å². The third kappa shape index (κ3) is 7.79. The van der Waals surface area contributed by atoms with Crippen molar-refractivity contribution in [1.29, 1.82) is 0 Å². The maximum Gasteiger partial charge on any atom is 0.286 e. The standard InChI is InChI=1S/C18H30N4O3S.ClH/c1-3-4-10-14(20-16(24)13-8-6-5-7-9-13)15(23)17-21-22-18(25-17)26-12-11-19-2;/h13-14,19H,3-12H2,1-2H3,(H,20,24);1H/t14-;/m0./s1. The van der Waals surface area contributed by atoms with Crippen molar-refractivity contribution in [3.8, 4) is 0 Å². The van der Waals surface area contributed by atoms with E-state index in [1.165, 1.54) is 18.2 Å². The van der Waals surface area contributed by atoms with Crippen molar-refractivity contribution in [3.05, 3.63) is 5.89 Å². The lowest BCUT2D eigenvalue weighted by Crippen LogP contribution is -2.44. The van der Waals surface area contributed by atoms with Gasteiger partial charge in [0.1, 0.15) is 0 Å². The van der Waals surface area contributed by atoms with Gasteiger partial charge in [-0.05, 0) is 26.3 Å². The van der Waals surface area contributed by atoms with Gasteiger partial charge in [-0.15, -0.1) is 22.6 Å². The number of amides is 1. The number of Topliss-reactive ketones (excluding diaryl/α,β-unsaturated/α-hetero) is 1. The highest BCUT2D eigenvalue weighted by Gasteiger charge is 2.29. The highest BCUT2D eigenvalue weighted by molar-refractivity contribution is 7.99. The monoisotopic (exact) mass is 418 g/mol. The van der Waals surface area contributed by atoms with Gasteiger partial charge in [0.2, 0.25) is 11.7 Å². The van der Waals surface area contributed by atoms with Crippen molar-refractivity contribution >= 4 is 35.9 Å². The summed E-state index contributed by atoms with van der Waals surface area (Å²) in [4.78, 5) is 25.3. The zero-order chi connectivity index (χ0) is 18.8. The molecular formula is C18H31ClN4O3S. The van der Waals surface area contributed by atoms with E-state index in [0.717, 1.165) is 50.8 Å². The van der Waals surface area contributed by atoms with Crippen LogP contribution < -0.4 is 10.6 Å². The number of hydrogen-bond acceptors (Lipinski definition) is 7. The van der Waals surface area contributed by atoms with E-state index in [1.54, 1.807) is 0 Å². The van der Waals surface area contributed by atoms with E-state index in [9.17, 15) is 9.59 Å². The molecule has 2 N–H and O–H groups in total. The van der Waals surface area contributed by atoms with Gasteiger partial charge in [0.25, 0.3) is 11.1 Å². The minimum Gasteiger partial charge on any atom is -0.408 e. The van der Waals surface area contributed by atoms with E-state index < -0.39 is 6.04 Å². The predicted molar refractivity (Wildman–Crippen MR) is 109 cm³/mol. The Balaban J connectivity index is 0.00000364. The highest BCUT2D eigenvalue weighted by Crippen LogP contribution is 2.24. The van der Waals surface area contributed by atoms with Crippen molar-refractivity contribution in [2.45, 2.75) is 69.6 Å². The molecule has 1 amide bonds. The van der Waals surface area contributed by atoms with Crippen LogP contribution in [0.15, 0.2) is 9.64 Å². The molecule has 0 aliphatic heterocycles. The fourth-order valence-electron chi connectivity index (χ4n) is 3.09. The minimum absolute atomic E-state index is 0. The molecule has 9 heteroatoms. The zero-order valence-corrected chi connectivity index (χ0v) is 17.8. The number of aromatic nitrogens is 2. The van der Waals surface area contributed by atoms with Crippen LogP contribution >= 0.6 is 24.2 Å². The predicted octanol–water partition coefficient (Wildman–Crippen LogP) is 3.24. The molecule has 0 saturated heterocycles. The van der Waals surface area contributed by atoms with Crippen LogP contribution in [0.1, 0.15) is 69.0 Å². The van der Waals surface area contributed by atoms with Crippen LogP contribution in [0.2, 0.25) is 0 Å². The number of nitrogens with one attached hydrogen (secondary N) is 2. The molecule has 1 saturated carbocycles. The summed E-state index contributed by atoms with van der Waals surface area (Å²) >= 11 is 1.41. The Bertz CT molecular complexity index is 579. The van der Waals surface area contributed by atoms with Gasteiger partial charge in [0, 0.05) is 18.2 Å². The van der Waals surface area contributed by atoms with Crippen LogP contribution in [0, 0.1) is 5.92 Å². The van der Waals surface area contributed by atoms with Crippen molar-refractivity contribution in [1.82, 2.24) is 20.8 Å². The molecular weight excluding hydrogens is 388 g/mol. The summed E-state index contributed by atoms with van der Waals surface area (Å²) in [5.41, 5.74) is 0. The van der Waals surface area contributed by atoms with E-state index in [4.69, 9.17) is 4.42 Å². The van der Waals surface area contributed by atoms with E-state index in [-0.39, 0.29) is 35.9 Å². The first-order valence-electron chi connectivity index (χ1n) is 9.61. The van der Waals surface area contributed by atoms with Gasteiger partial charge in [0.05, 0.1) is 6.04 Å². The molecule has 7 nitrogen and oxygen atoms in total. The number of rotatable bonds is 11. The molecule has 0 radical (unpaired) electrons. The third-order valence-corrected chi connectivity index (χ3v) is 5.47.